The number of hydrogen-bond donors (Lipinski definition) is 0. The van der Waals surface area contributed by atoms with Crippen molar-refractivity contribution >= 4 is 0 Å². The summed E-state index contributed by atoms with van der Waals surface area (Å²) >= 11 is 0. The average molecular weight is 194 g/mol. The minimum atomic E-state index is -4.04. The molecule has 0 spiro atoms. The summed E-state index contributed by atoms with van der Waals surface area (Å²) in [6.45, 7) is 0.642. The third kappa shape index (κ3) is 1.81. The number of halogens is 3. The molecule has 2 fully saturated rings. The summed E-state index contributed by atoms with van der Waals surface area (Å²) in [5.41, 5.74) is 0. The first kappa shape index (κ1) is 9.27. The van der Waals surface area contributed by atoms with E-state index in [1.54, 1.807) is 4.90 Å². The van der Waals surface area contributed by atoms with Crippen LogP contribution in [0, 0.1) is 0 Å². The SMILES string of the molecule is CN1CC2C[C@H]1CN2CC(F)(F)F. The minimum Gasteiger partial charge on any atom is -0.301 e. The smallest absolute Gasteiger partial charge is 0.301 e. The molecule has 1 unspecified atom stereocenters. The van der Waals surface area contributed by atoms with Crippen molar-refractivity contribution < 1.29 is 13.2 Å². The third-order valence-corrected chi connectivity index (χ3v) is 3.01. The van der Waals surface area contributed by atoms with Gasteiger partial charge in [-0.25, -0.2) is 0 Å². The van der Waals surface area contributed by atoms with E-state index in [0.717, 1.165) is 13.0 Å². The summed E-state index contributed by atoms with van der Waals surface area (Å²) in [6, 6.07) is 0.490. The first-order chi connectivity index (χ1) is 5.96. The van der Waals surface area contributed by atoms with Crippen molar-refractivity contribution in [3.63, 3.8) is 0 Å². The highest BCUT2D eigenvalue weighted by Gasteiger charge is 2.45. The standard InChI is InChI=1S/C8H13F3N2/c1-12-3-7-2-6(12)4-13(7)5-8(9,10)11/h6-7H,2-5H2,1H3/t6-,7?/m0/s1. The van der Waals surface area contributed by atoms with Crippen LogP contribution in [0.3, 0.4) is 0 Å². The zero-order valence-corrected chi connectivity index (χ0v) is 7.51. The van der Waals surface area contributed by atoms with E-state index in [1.165, 1.54) is 0 Å². The van der Waals surface area contributed by atoms with E-state index in [9.17, 15) is 13.2 Å². The highest BCUT2D eigenvalue weighted by atomic mass is 19.4. The van der Waals surface area contributed by atoms with Crippen LogP contribution >= 0.6 is 0 Å². The molecule has 2 saturated heterocycles. The number of likely N-dealkylation sites (tertiary alicyclic amines) is 2. The molecule has 2 bridgehead atoms. The molecule has 13 heavy (non-hydrogen) atoms. The molecule has 2 aliphatic heterocycles. The molecule has 2 nitrogen and oxygen atoms in total. The van der Waals surface area contributed by atoms with E-state index in [0.29, 0.717) is 12.6 Å². The predicted molar refractivity (Wildman–Crippen MR) is 42.5 cm³/mol. The molecule has 76 valence electrons. The number of rotatable bonds is 1. The van der Waals surface area contributed by atoms with Gasteiger partial charge < -0.3 is 4.90 Å². The van der Waals surface area contributed by atoms with Gasteiger partial charge in [-0.05, 0) is 13.5 Å². The average Bonchev–Trinajstić information content (AvgIpc) is 2.42. The monoisotopic (exact) mass is 194 g/mol. The van der Waals surface area contributed by atoms with Crippen LogP contribution in [0.25, 0.3) is 0 Å². The Labute approximate surface area is 75.3 Å². The van der Waals surface area contributed by atoms with Gasteiger partial charge in [-0.1, -0.05) is 0 Å². The van der Waals surface area contributed by atoms with E-state index in [2.05, 4.69) is 4.90 Å². The van der Waals surface area contributed by atoms with Crippen molar-refractivity contribution in [1.29, 1.82) is 0 Å². The lowest BCUT2D eigenvalue weighted by Gasteiger charge is -2.32. The largest absolute Gasteiger partial charge is 0.401 e. The van der Waals surface area contributed by atoms with Crippen molar-refractivity contribution in [3.05, 3.63) is 0 Å². The first-order valence-electron chi connectivity index (χ1n) is 4.47. The predicted octanol–water partition coefficient (Wildman–Crippen LogP) is 0.937. The Hall–Kier alpha value is -0.290. The van der Waals surface area contributed by atoms with E-state index in [-0.39, 0.29) is 6.04 Å². The van der Waals surface area contributed by atoms with E-state index >= 15 is 0 Å². The second-order valence-corrected chi connectivity index (χ2v) is 4.03. The van der Waals surface area contributed by atoms with Crippen LogP contribution in [0.15, 0.2) is 0 Å². The summed E-state index contributed by atoms with van der Waals surface area (Å²) in [5, 5.41) is 0. The molecule has 0 aromatic carbocycles. The van der Waals surface area contributed by atoms with Crippen LogP contribution in [0.1, 0.15) is 6.42 Å². The minimum absolute atomic E-state index is 0.136. The molecule has 0 aromatic rings. The van der Waals surface area contributed by atoms with Gasteiger partial charge in [0.1, 0.15) is 0 Å². The lowest BCUT2D eigenvalue weighted by Crippen LogP contribution is -2.47. The summed E-state index contributed by atoms with van der Waals surface area (Å²) < 4.78 is 36.2. The summed E-state index contributed by atoms with van der Waals surface area (Å²) in [6.07, 6.45) is -3.13. The van der Waals surface area contributed by atoms with Crippen LogP contribution in [0.2, 0.25) is 0 Å². The molecule has 2 aliphatic rings. The Balaban J connectivity index is 1.92. The second kappa shape index (κ2) is 2.85. The first-order valence-corrected chi connectivity index (χ1v) is 4.47. The maximum Gasteiger partial charge on any atom is 0.401 e. The van der Waals surface area contributed by atoms with Gasteiger partial charge >= 0.3 is 6.18 Å². The molecule has 2 rings (SSSR count). The molecule has 0 saturated carbocycles. The number of alkyl halides is 3. The lowest BCUT2D eigenvalue weighted by molar-refractivity contribution is -0.150. The zero-order valence-electron chi connectivity index (χ0n) is 7.51. The molecule has 0 radical (unpaired) electrons. The second-order valence-electron chi connectivity index (χ2n) is 4.03. The quantitative estimate of drug-likeness (QED) is 0.613. The molecule has 2 atom stereocenters. The van der Waals surface area contributed by atoms with Gasteiger partial charge in [0, 0.05) is 25.2 Å². The topological polar surface area (TPSA) is 6.48 Å². The molecule has 0 N–H and O–H groups in total. The number of piperazine rings is 1. The molecule has 5 heteroatoms. The van der Waals surface area contributed by atoms with E-state index in [4.69, 9.17) is 0 Å². The Bertz CT molecular complexity index is 202. The highest BCUT2D eigenvalue weighted by molar-refractivity contribution is 4.98. The molecule has 0 aliphatic carbocycles. The van der Waals surface area contributed by atoms with E-state index in [1.807, 2.05) is 7.05 Å². The fraction of sp³-hybridized carbons (Fsp3) is 1.00. The summed E-state index contributed by atoms with van der Waals surface area (Å²) in [7, 11) is 1.98. The maximum atomic E-state index is 12.1. The van der Waals surface area contributed by atoms with Crippen molar-refractivity contribution in [2.45, 2.75) is 24.7 Å². The van der Waals surface area contributed by atoms with Gasteiger partial charge in [0.2, 0.25) is 0 Å². The van der Waals surface area contributed by atoms with E-state index < -0.39 is 12.7 Å². The number of nitrogens with zero attached hydrogens (tertiary/aromatic N) is 2. The molecule has 0 amide bonds. The van der Waals surface area contributed by atoms with Gasteiger partial charge in [-0.2, -0.15) is 13.2 Å². The van der Waals surface area contributed by atoms with Gasteiger partial charge in [0.15, 0.2) is 0 Å². The molecule has 2 heterocycles. The van der Waals surface area contributed by atoms with Gasteiger partial charge in [0.25, 0.3) is 0 Å². The Morgan fingerprint density at radius 1 is 1.23 bits per heavy atom. The zero-order chi connectivity index (χ0) is 9.64. The lowest BCUT2D eigenvalue weighted by atomic mass is 10.2. The van der Waals surface area contributed by atoms with Crippen LogP contribution in [-0.2, 0) is 0 Å². The summed E-state index contributed by atoms with van der Waals surface area (Å²) in [5.74, 6) is 0. The number of likely N-dealkylation sites (N-methyl/N-ethyl adjacent to an activating group) is 1. The van der Waals surface area contributed by atoms with Crippen molar-refractivity contribution in [2.75, 3.05) is 26.7 Å². The van der Waals surface area contributed by atoms with Crippen LogP contribution in [0.4, 0.5) is 13.2 Å². The van der Waals surface area contributed by atoms with Crippen LogP contribution < -0.4 is 0 Å². The number of hydrogen-bond acceptors (Lipinski definition) is 2. The van der Waals surface area contributed by atoms with Crippen LogP contribution in [0.5, 0.6) is 0 Å². The third-order valence-electron chi connectivity index (χ3n) is 3.01. The van der Waals surface area contributed by atoms with Crippen molar-refractivity contribution in [1.82, 2.24) is 9.80 Å². The molecular weight excluding hydrogens is 181 g/mol. The van der Waals surface area contributed by atoms with Gasteiger partial charge in [0.05, 0.1) is 6.54 Å². The maximum absolute atomic E-state index is 12.1. The fourth-order valence-electron chi connectivity index (χ4n) is 2.37. The normalized spacial score (nSPS) is 36.0. The van der Waals surface area contributed by atoms with Gasteiger partial charge in [-0.3, -0.25) is 4.90 Å². The molecule has 0 aromatic heterocycles. The fourth-order valence-corrected chi connectivity index (χ4v) is 2.37. The van der Waals surface area contributed by atoms with Crippen molar-refractivity contribution in [2.24, 2.45) is 0 Å². The number of fused-ring (bicyclic) bond motifs is 2. The Morgan fingerprint density at radius 2 is 1.92 bits per heavy atom. The van der Waals surface area contributed by atoms with Gasteiger partial charge in [-0.15, -0.1) is 0 Å². The summed E-state index contributed by atoms with van der Waals surface area (Å²) in [4.78, 5) is 3.71. The highest BCUT2D eigenvalue weighted by Crippen LogP contribution is 2.31. The molecular formula is C8H13F3N2. The van der Waals surface area contributed by atoms with Crippen molar-refractivity contribution in [3.8, 4) is 0 Å². The Kier molecular flexibility index (Phi) is 2.03. The van der Waals surface area contributed by atoms with Crippen LogP contribution in [-0.4, -0.2) is 54.7 Å². The Morgan fingerprint density at radius 3 is 2.31 bits per heavy atom.